The van der Waals surface area contributed by atoms with Crippen LogP contribution in [0.4, 0.5) is 0 Å². The van der Waals surface area contributed by atoms with Crippen LogP contribution in [0.5, 0.6) is 0 Å². The summed E-state index contributed by atoms with van der Waals surface area (Å²) < 4.78 is 0. The highest BCUT2D eigenvalue weighted by molar-refractivity contribution is 5.32. The van der Waals surface area contributed by atoms with Crippen LogP contribution < -0.4 is 0 Å². The maximum Gasteiger partial charge on any atom is 0.0667 e. The maximum absolute atomic E-state index is 9.76. The minimum atomic E-state index is -0.0995. The lowest BCUT2D eigenvalue weighted by molar-refractivity contribution is 0.0663. The van der Waals surface area contributed by atoms with Gasteiger partial charge >= 0.3 is 0 Å². The highest BCUT2D eigenvalue weighted by Gasteiger charge is 2.24. The molecule has 0 radical (unpaired) electrons. The summed E-state index contributed by atoms with van der Waals surface area (Å²) in [6.07, 6.45) is 5.90. The number of piperidine rings is 1. The van der Waals surface area contributed by atoms with Gasteiger partial charge in [-0.2, -0.15) is 0 Å². The van der Waals surface area contributed by atoms with Gasteiger partial charge in [0, 0.05) is 13.1 Å². The highest BCUT2D eigenvalue weighted by atomic mass is 16.3. The molecule has 1 aromatic rings. The van der Waals surface area contributed by atoms with Crippen LogP contribution >= 0.6 is 0 Å². The normalized spacial score (nSPS) is 28.9. The molecule has 0 aromatic heterocycles. The van der Waals surface area contributed by atoms with Crippen LogP contribution in [0.15, 0.2) is 24.3 Å². The lowest BCUT2D eigenvalue weighted by Crippen LogP contribution is -2.40. The van der Waals surface area contributed by atoms with Gasteiger partial charge in [-0.05, 0) is 55.7 Å². The van der Waals surface area contributed by atoms with Gasteiger partial charge in [0.1, 0.15) is 0 Å². The fourth-order valence-corrected chi connectivity index (χ4v) is 3.55. The molecule has 1 aliphatic heterocycles. The second-order valence-electron chi connectivity index (χ2n) is 5.84. The predicted molar refractivity (Wildman–Crippen MR) is 73.8 cm³/mol. The molecule has 1 saturated heterocycles. The molecule has 1 aromatic carbocycles. The quantitative estimate of drug-likeness (QED) is 0.865. The minimum absolute atomic E-state index is 0.0995. The fourth-order valence-electron chi connectivity index (χ4n) is 3.55. The van der Waals surface area contributed by atoms with Gasteiger partial charge in [-0.25, -0.2) is 0 Å². The Morgan fingerprint density at radius 1 is 1.17 bits per heavy atom. The first-order valence-electron chi connectivity index (χ1n) is 7.31. The van der Waals surface area contributed by atoms with E-state index in [1.54, 1.807) is 11.1 Å². The second-order valence-corrected chi connectivity index (χ2v) is 5.84. The number of benzene rings is 1. The molecule has 2 unspecified atom stereocenters. The monoisotopic (exact) mass is 245 g/mol. The van der Waals surface area contributed by atoms with E-state index in [4.69, 9.17) is 0 Å². The summed E-state index contributed by atoms with van der Waals surface area (Å²) in [4.78, 5) is 2.46. The number of hydrogen-bond acceptors (Lipinski definition) is 2. The van der Waals surface area contributed by atoms with Crippen molar-refractivity contribution in [3.05, 3.63) is 35.4 Å². The van der Waals surface area contributed by atoms with Crippen molar-refractivity contribution < 1.29 is 5.11 Å². The van der Waals surface area contributed by atoms with Gasteiger partial charge in [-0.15, -0.1) is 0 Å². The molecule has 2 heteroatoms. The molecule has 3 rings (SSSR count). The Hall–Kier alpha value is -0.860. The van der Waals surface area contributed by atoms with E-state index in [0.29, 0.717) is 5.92 Å². The Morgan fingerprint density at radius 3 is 2.94 bits per heavy atom. The van der Waals surface area contributed by atoms with Gasteiger partial charge in [0.05, 0.1) is 6.10 Å². The van der Waals surface area contributed by atoms with Crippen LogP contribution in [-0.4, -0.2) is 35.7 Å². The van der Waals surface area contributed by atoms with Crippen molar-refractivity contribution in [1.29, 1.82) is 0 Å². The van der Waals surface area contributed by atoms with Gasteiger partial charge in [-0.3, -0.25) is 0 Å². The number of aliphatic hydroxyl groups is 1. The number of aliphatic hydroxyl groups excluding tert-OH is 1. The van der Waals surface area contributed by atoms with E-state index in [0.717, 1.165) is 32.5 Å². The molecular formula is C16H23NO. The third-order valence-electron chi connectivity index (χ3n) is 4.45. The lowest BCUT2D eigenvalue weighted by atomic mass is 9.82. The molecule has 2 nitrogen and oxygen atoms in total. The van der Waals surface area contributed by atoms with Gasteiger partial charge in [0.25, 0.3) is 0 Å². The summed E-state index contributed by atoms with van der Waals surface area (Å²) >= 11 is 0. The van der Waals surface area contributed by atoms with Gasteiger partial charge in [-0.1, -0.05) is 24.3 Å². The van der Waals surface area contributed by atoms with Crippen molar-refractivity contribution in [3.8, 4) is 0 Å². The molecule has 0 spiro atoms. The van der Waals surface area contributed by atoms with Crippen molar-refractivity contribution in [3.63, 3.8) is 0 Å². The topological polar surface area (TPSA) is 23.5 Å². The van der Waals surface area contributed by atoms with E-state index in [9.17, 15) is 5.11 Å². The molecular weight excluding hydrogens is 222 g/mol. The number of rotatable bonds is 2. The van der Waals surface area contributed by atoms with Crippen molar-refractivity contribution in [2.75, 3.05) is 19.6 Å². The van der Waals surface area contributed by atoms with Crippen molar-refractivity contribution in [1.82, 2.24) is 4.90 Å². The molecule has 1 N–H and O–H groups in total. The van der Waals surface area contributed by atoms with Gasteiger partial charge in [0.2, 0.25) is 0 Å². The average molecular weight is 245 g/mol. The molecule has 1 fully saturated rings. The molecule has 1 heterocycles. The Bertz CT molecular complexity index is 404. The largest absolute Gasteiger partial charge is 0.392 e. The van der Waals surface area contributed by atoms with Gasteiger partial charge in [0.15, 0.2) is 0 Å². The Balaban J connectivity index is 1.70. The first-order valence-corrected chi connectivity index (χ1v) is 7.31. The van der Waals surface area contributed by atoms with E-state index in [-0.39, 0.29) is 6.10 Å². The smallest absolute Gasteiger partial charge is 0.0667 e. The van der Waals surface area contributed by atoms with Crippen LogP contribution in [0.25, 0.3) is 0 Å². The summed E-state index contributed by atoms with van der Waals surface area (Å²) in [5, 5.41) is 9.76. The maximum atomic E-state index is 9.76. The number of nitrogens with zero attached hydrogens (tertiary/aromatic N) is 1. The third kappa shape index (κ3) is 2.60. The summed E-state index contributed by atoms with van der Waals surface area (Å²) in [7, 11) is 0. The first kappa shape index (κ1) is 12.2. The van der Waals surface area contributed by atoms with Crippen molar-refractivity contribution >= 4 is 0 Å². The predicted octanol–water partition coefficient (Wildman–Crippen LogP) is 2.56. The minimum Gasteiger partial charge on any atom is -0.392 e. The standard InChI is InChI=1S/C16H23NO/c18-15-8-4-10-17(12-15)11-14-7-3-6-13-5-1-2-9-16(13)14/h1-2,5,9,14-15,18H,3-4,6-8,10-12H2. The fraction of sp³-hybridized carbons (Fsp3) is 0.625. The molecule has 18 heavy (non-hydrogen) atoms. The zero-order valence-corrected chi connectivity index (χ0v) is 11.0. The van der Waals surface area contributed by atoms with Crippen LogP contribution in [0.2, 0.25) is 0 Å². The van der Waals surface area contributed by atoms with Crippen LogP contribution in [0.3, 0.4) is 0 Å². The van der Waals surface area contributed by atoms with Crippen LogP contribution in [0.1, 0.15) is 42.7 Å². The average Bonchev–Trinajstić information content (AvgIpc) is 2.39. The summed E-state index contributed by atoms with van der Waals surface area (Å²) in [6, 6.07) is 8.92. The van der Waals surface area contributed by atoms with Crippen molar-refractivity contribution in [2.45, 2.75) is 44.1 Å². The van der Waals surface area contributed by atoms with E-state index in [2.05, 4.69) is 29.2 Å². The van der Waals surface area contributed by atoms with Crippen LogP contribution in [0, 0.1) is 0 Å². The number of fused-ring (bicyclic) bond motifs is 1. The zero-order chi connectivity index (χ0) is 12.4. The third-order valence-corrected chi connectivity index (χ3v) is 4.45. The van der Waals surface area contributed by atoms with E-state index in [1.807, 2.05) is 0 Å². The molecule has 98 valence electrons. The number of hydrogen-bond donors (Lipinski definition) is 1. The highest BCUT2D eigenvalue weighted by Crippen LogP contribution is 2.32. The summed E-state index contributed by atoms with van der Waals surface area (Å²) in [5.41, 5.74) is 3.11. The number of β-amino-alcohol motifs (C(OH)–C–C–N with tert-alkyl or cyclic N) is 1. The molecule has 2 atom stereocenters. The van der Waals surface area contributed by atoms with Crippen molar-refractivity contribution in [2.24, 2.45) is 0 Å². The molecule has 0 bridgehead atoms. The lowest BCUT2D eigenvalue weighted by Gasteiger charge is -2.35. The molecule has 0 saturated carbocycles. The molecule has 1 aliphatic carbocycles. The SMILES string of the molecule is OC1CCCN(CC2CCCc3ccccc32)C1. The number of aryl methyl sites for hydroxylation is 1. The first-order chi connectivity index (χ1) is 8.83. The Morgan fingerprint density at radius 2 is 2.06 bits per heavy atom. The Kier molecular flexibility index (Phi) is 3.67. The Labute approximate surface area is 110 Å². The number of likely N-dealkylation sites (tertiary alicyclic amines) is 1. The van der Waals surface area contributed by atoms with E-state index in [1.165, 1.54) is 19.3 Å². The van der Waals surface area contributed by atoms with Crippen LogP contribution in [-0.2, 0) is 6.42 Å². The molecule has 0 amide bonds. The summed E-state index contributed by atoms with van der Waals surface area (Å²) in [5.74, 6) is 0.681. The van der Waals surface area contributed by atoms with Gasteiger partial charge < -0.3 is 10.0 Å². The zero-order valence-electron chi connectivity index (χ0n) is 11.0. The second kappa shape index (κ2) is 5.41. The molecule has 2 aliphatic rings. The van der Waals surface area contributed by atoms with E-state index >= 15 is 0 Å². The van der Waals surface area contributed by atoms with E-state index < -0.39 is 0 Å². The summed E-state index contributed by atoms with van der Waals surface area (Å²) in [6.45, 7) is 3.17.